The molecule has 0 bridgehead atoms. The number of nitrogens with one attached hydrogen (secondary N) is 1. The zero-order valence-electron chi connectivity index (χ0n) is 13.3. The smallest absolute Gasteiger partial charge is 0.193 e. The molecule has 0 radical (unpaired) electrons. The molecule has 1 aliphatic rings. The van der Waals surface area contributed by atoms with Gasteiger partial charge in [0.15, 0.2) is 5.96 Å². The van der Waals surface area contributed by atoms with Gasteiger partial charge in [-0.15, -0.1) is 0 Å². The summed E-state index contributed by atoms with van der Waals surface area (Å²) in [4.78, 5) is 4.48. The highest BCUT2D eigenvalue weighted by Gasteiger charge is 2.30. The van der Waals surface area contributed by atoms with Crippen molar-refractivity contribution in [2.24, 2.45) is 10.7 Å². The van der Waals surface area contributed by atoms with Crippen LogP contribution < -0.4 is 15.8 Å². The van der Waals surface area contributed by atoms with E-state index in [1.54, 1.807) is 19.2 Å². The van der Waals surface area contributed by atoms with Crippen LogP contribution in [0.25, 0.3) is 0 Å². The van der Waals surface area contributed by atoms with E-state index in [0.29, 0.717) is 11.9 Å². The zero-order valence-corrected chi connectivity index (χ0v) is 14.1. The molecule has 1 fully saturated rings. The zero-order chi connectivity index (χ0) is 17.1. The second-order valence-electron chi connectivity index (χ2n) is 5.87. The van der Waals surface area contributed by atoms with Crippen molar-refractivity contribution in [2.45, 2.75) is 24.8 Å². The molecule has 0 atom stereocenters. The van der Waals surface area contributed by atoms with Crippen LogP contribution in [0.3, 0.4) is 0 Å². The fourth-order valence-electron chi connectivity index (χ4n) is 2.81. The average molecular weight is 348 g/mol. The van der Waals surface area contributed by atoms with Crippen molar-refractivity contribution < 1.29 is 9.13 Å². The largest absolute Gasteiger partial charge is 0.497 e. The van der Waals surface area contributed by atoms with E-state index in [9.17, 15) is 4.39 Å². The molecule has 0 aliphatic heterocycles. The number of hydrogen-bond donors (Lipinski definition) is 2. The first kappa shape index (κ1) is 16.6. The summed E-state index contributed by atoms with van der Waals surface area (Å²) in [5.41, 5.74) is 7.84. The summed E-state index contributed by atoms with van der Waals surface area (Å²) in [6, 6.07) is 12.5. The predicted octanol–water partition coefficient (Wildman–Crippen LogP) is 4.16. The second-order valence-corrected chi connectivity index (χ2v) is 6.27. The van der Waals surface area contributed by atoms with E-state index >= 15 is 0 Å². The summed E-state index contributed by atoms with van der Waals surface area (Å²) >= 11 is 5.83. The number of halogens is 2. The molecule has 0 saturated heterocycles. The van der Waals surface area contributed by atoms with E-state index < -0.39 is 0 Å². The molecule has 3 rings (SSSR count). The third kappa shape index (κ3) is 3.79. The molecule has 0 spiro atoms. The van der Waals surface area contributed by atoms with E-state index in [2.05, 4.69) is 10.3 Å². The fourth-order valence-corrected chi connectivity index (χ4v) is 3.00. The maximum atomic E-state index is 13.2. The maximum Gasteiger partial charge on any atom is 0.193 e. The van der Waals surface area contributed by atoms with Crippen molar-refractivity contribution in [3.63, 3.8) is 0 Å². The van der Waals surface area contributed by atoms with Crippen LogP contribution in [0, 0.1) is 5.82 Å². The summed E-state index contributed by atoms with van der Waals surface area (Å²) in [5, 5.41) is 3.23. The SMILES string of the molecule is COc1cccc(NC(N)=NC2CC(c3ccc(F)c(Cl)c3)C2)c1. The third-order valence-electron chi connectivity index (χ3n) is 4.19. The van der Waals surface area contributed by atoms with E-state index in [1.807, 2.05) is 24.3 Å². The molecule has 3 N–H and O–H groups in total. The van der Waals surface area contributed by atoms with Crippen LogP contribution in [0.2, 0.25) is 5.02 Å². The number of benzene rings is 2. The number of anilines is 1. The predicted molar refractivity (Wildman–Crippen MR) is 95.4 cm³/mol. The molecule has 0 aromatic heterocycles. The van der Waals surface area contributed by atoms with E-state index in [-0.39, 0.29) is 16.9 Å². The van der Waals surface area contributed by atoms with Crippen LogP contribution in [0.15, 0.2) is 47.5 Å². The fraction of sp³-hybridized carbons (Fsp3) is 0.278. The van der Waals surface area contributed by atoms with Gasteiger partial charge in [0.05, 0.1) is 18.2 Å². The Morgan fingerprint density at radius 3 is 2.79 bits per heavy atom. The highest BCUT2D eigenvalue weighted by molar-refractivity contribution is 6.30. The molecule has 0 unspecified atom stereocenters. The first-order valence-corrected chi connectivity index (χ1v) is 8.12. The van der Waals surface area contributed by atoms with Crippen molar-refractivity contribution in [1.82, 2.24) is 0 Å². The highest BCUT2D eigenvalue weighted by Crippen LogP contribution is 2.39. The van der Waals surface area contributed by atoms with Crippen LogP contribution in [-0.4, -0.2) is 19.1 Å². The van der Waals surface area contributed by atoms with E-state index in [1.165, 1.54) is 6.07 Å². The van der Waals surface area contributed by atoms with E-state index in [0.717, 1.165) is 29.8 Å². The maximum absolute atomic E-state index is 13.2. The average Bonchev–Trinajstić information content (AvgIpc) is 2.53. The summed E-state index contributed by atoms with van der Waals surface area (Å²) in [6.07, 6.45) is 1.75. The van der Waals surface area contributed by atoms with Crippen molar-refractivity contribution in [1.29, 1.82) is 0 Å². The van der Waals surface area contributed by atoms with Gasteiger partial charge in [0.2, 0.25) is 0 Å². The first-order chi connectivity index (χ1) is 11.5. The Labute approximate surface area is 145 Å². The van der Waals surface area contributed by atoms with Gasteiger partial charge in [-0.25, -0.2) is 9.38 Å². The number of rotatable bonds is 4. The minimum atomic E-state index is -0.388. The van der Waals surface area contributed by atoms with Crippen LogP contribution in [0.4, 0.5) is 10.1 Å². The normalized spacial score (nSPS) is 20.4. The first-order valence-electron chi connectivity index (χ1n) is 7.74. The Morgan fingerprint density at radius 1 is 1.29 bits per heavy atom. The summed E-state index contributed by atoms with van der Waals surface area (Å²) < 4.78 is 18.4. The molecule has 0 heterocycles. The number of aliphatic imine (C=N–C) groups is 1. The van der Waals surface area contributed by atoms with Gasteiger partial charge < -0.3 is 15.8 Å². The Morgan fingerprint density at radius 2 is 2.08 bits per heavy atom. The van der Waals surface area contributed by atoms with Crippen LogP contribution >= 0.6 is 11.6 Å². The number of methoxy groups -OCH3 is 1. The molecule has 0 amide bonds. The van der Waals surface area contributed by atoms with Gasteiger partial charge in [-0.05, 0) is 48.6 Å². The third-order valence-corrected chi connectivity index (χ3v) is 4.48. The minimum Gasteiger partial charge on any atom is -0.497 e. The summed E-state index contributed by atoms with van der Waals surface area (Å²) in [5.74, 6) is 1.09. The summed E-state index contributed by atoms with van der Waals surface area (Å²) in [7, 11) is 1.62. The molecule has 24 heavy (non-hydrogen) atoms. The Hall–Kier alpha value is -2.27. The van der Waals surface area contributed by atoms with Crippen molar-refractivity contribution in [2.75, 3.05) is 12.4 Å². The summed E-state index contributed by atoms with van der Waals surface area (Å²) in [6.45, 7) is 0. The topological polar surface area (TPSA) is 59.6 Å². The lowest BCUT2D eigenvalue weighted by Gasteiger charge is -2.33. The number of ether oxygens (including phenoxy) is 1. The number of hydrogen-bond acceptors (Lipinski definition) is 2. The van der Waals surface area contributed by atoms with Gasteiger partial charge in [0.1, 0.15) is 11.6 Å². The lowest BCUT2D eigenvalue weighted by atomic mass is 9.76. The van der Waals surface area contributed by atoms with Gasteiger partial charge in [-0.2, -0.15) is 0 Å². The second kappa shape index (κ2) is 7.09. The lowest BCUT2D eigenvalue weighted by Crippen LogP contribution is -2.31. The van der Waals surface area contributed by atoms with Crippen LogP contribution in [0.5, 0.6) is 5.75 Å². The van der Waals surface area contributed by atoms with Gasteiger partial charge in [0, 0.05) is 11.8 Å². The Bertz CT molecular complexity index is 760. The Balaban J connectivity index is 1.57. The number of nitrogens with two attached hydrogens (primary N) is 1. The quantitative estimate of drug-likeness (QED) is 0.645. The highest BCUT2D eigenvalue weighted by atomic mass is 35.5. The van der Waals surface area contributed by atoms with Gasteiger partial charge in [-0.1, -0.05) is 23.7 Å². The minimum absolute atomic E-state index is 0.164. The molecular weight excluding hydrogens is 329 g/mol. The number of nitrogens with zero attached hydrogens (tertiary/aromatic N) is 1. The van der Waals surface area contributed by atoms with Gasteiger partial charge in [0.25, 0.3) is 0 Å². The van der Waals surface area contributed by atoms with Crippen molar-refractivity contribution in [3.05, 3.63) is 58.9 Å². The molecule has 2 aromatic rings. The van der Waals surface area contributed by atoms with E-state index in [4.69, 9.17) is 22.1 Å². The molecule has 2 aromatic carbocycles. The Kier molecular flexibility index (Phi) is 4.90. The molecule has 1 saturated carbocycles. The monoisotopic (exact) mass is 347 g/mol. The van der Waals surface area contributed by atoms with Crippen molar-refractivity contribution >= 4 is 23.2 Å². The number of guanidine groups is 1. The molecule has 4 nitrogen and oxygen atoms in total. The standard InChI is InChI=1S/C18H19ClFN3O/c1-24-15-4-2-3-13(10-15)22-18(21)23-14-7-12(8-14)11-5-6-17(20)16(19)9-11/h2-6,9-10,12,14H,7-8H2,1H3,(H3,21,22,23). The van der Waals surface area contributed by atoms with Crippen LogP contribution in [0.1, 0.15) is 24.3 Å². The van der Waals surface area contributed by atoms with Crippen LogP contribution in [-0.2, 0) is 0 Å². The van der Waals surface area contributed by atoms with Gasteiger partial charge >= 0.3 is 0 Å². The molecule has 126 valence electrons. The van der Waals surface area contributed by atoms with Crippen molar-refractivity contribution in [3.8, 4) is 5.75 Å². The molecule has 6 heteroatoms. The lowest BCUT2D eigenvalue weighted by molar-refractivity contribution is 0.353. The van der Waals surface area contributed by atoms with Gasteiger partial charge in [-0.3, -0.25) is 0 Å². The molecule has 1 aliphatic carbocycles. The molecular formula is C18H19ClFN3O.